The summed E-state index contributed by atoms with van der Waals surface area (Å²) in [5.41, 5.74) is 0.712. The molecule has 4 nitrogen and oxygen atoms in total. The molecule has 1 aromatic rings. The molecule has 1 aliphatic rings. The van der Waals surface area contributed by atoms with Crippen LogP contribution in [0, 0.1) is 3.57 Å². The summed E-state index contributed by atoms with van der Waals surface area (Å²) in [5, 5.41) is 2.89. The first-order valence-corrected chi connectivity index (χ1v) is 7.46. The number of halogens is 1. The van der Waals surface area contributed by atoms with E-state index in [1.165, 1.54) is 6.92 Å². The van der Waals surface area contributed by atoms with Gasteiger partial charge in [0.05, 0.1) is 0 Å². The molecule has 0 radical (unpaired) electrons. The largest absolute Gasteiger partial charge is 0.352 e. The molecule has 1 aromatic carbocycles. The first kappa shape index (κ1) is 14.3. The highest BCUT2D eigenvalue weighted by molar-refractivity contribution is 14.1. The number of hydrogen-bond acceptors (Lipinski definition) is 2. The van der Waals surface area contributed by atoms with Crippen molar-refractivity contribution in [2.45, 2.75) is 25.8 Å². The summed E-state index contributed by atoms with van der Waals surface area (Å²) in [6.45, 7) is 2.88. The lowest BCUT2D eigenvalue weighted by molar-refractivity contribution is -0.120. The monoisotopic (exact) mass is 372 g/mol. The SMILES string of the molecule is CC(=O)NC1CCCN(C(=O)c2ccc(I)cc2)C1. The van der Waals surface area contributed by atoms with Gasteiger partial charge >= 0.3 is 0 Å². The van der Waals surface area contributed by atoms with Gasteiger partial charge in [-0.2, -0.15) is 0 Å². The van der Waals surface area contributed by atoms with Crippen molar-refractivity contribution in [1.29, 1.82) is 0 Å². The van der Waals surface area contributed by atoms with Crippen LogP contribution in [0.2, 0.25) is 0 Å². The van der Waals surface area contributed by atoms with Gasteiger partial charge in [-0.1, -0.05) is 0 Å². The van der Waals surface area contributed by atoms with E-state index in [1.54, 1.807) is 0 Å². The van der Waals surface area contributed by atoms with E-state index in [2.05, 4.69) is 27.9 Å². The fourth-order valence-electron chi connectivity index (χ4n) is 2.34. The van der Waals surface area contributed by atoms with Crippen LogP contribution in [0.1, 0.15) is 30.1 Å². The number of rotatable bonds is 2. The van der Waals surface area contributed by atoms with Crippen LogP contribution in [0.15, 0.2) is 24.3 Å². The summed E-state index contributed by atoms with van der Waals surface area (Å²) in [6.07, 6.45) is 1.87. The number of likely N-dealkylation sites (tertiary alicyclic amines) is 1. The van der Waals surface area contributed by atoms with Crippen molar-refractivity contribution < 1.29 is 9.59 Å². The van der Waals surface area contributed by atoms with Crippen LogP contribution in [0.4, 0.5) is 0 Å². The van der Waals surface area contributed by atoms with E-state index < -0.39 is 0 Å². The minimum Gasteiger partial charge on any atom is -0.352 e. The van der Waals surface area contributed by atoms with Crippen molar-refractivity contribution in [3.05, 3.63) is 33.4 Å². The minimum atomic E-state index is -0.0337. The lowest BCUT2D eigenvalue weighted by atomic mass is 10.0. The highest BCUT2D eigenvalue weighted by Gasteiger charge is 2.24. The topological polar surface area (TPSA) is 49.4 Å². The van der Waals surface area contributed by atoms with Crippen LogP contribution < -0.4 is 5.32 Å². The standard InChI is InChI=1S/C14H17IN2O2/c1-10(18)16-13-3-2-8-17(9-13)14(19)11-4-6-12(15)7-5-11/h4-7,13H,2-3,8-9H2,1H3,(H,16,18). The Morgan fingerprint density at radius 2 is 2.00 bits per heavy atom. The maximum absolute atomic E-state index is 12.4. The summed E-state index contributed by atoms with van der Waals surface area (Å²) < 4.78 is 1.11. The second-order valence-electron chi connectivity index (χ2n) is 4.80. The smallest absolute Gasteiger partial charge is 0.253 e. The molecular weight excluding hydrogens is 355 g/mol. The lowest BCUT2D eigenvalue weighted by Gasteiger charge is -2.33. The Morgan fingerprint density at radius 3 is 2.63 bits per heavy atom. The van der Waals surface area contributed by atoms with Crippen molar-refractivity contribution in [2.24, 2.45) is 0 Å². The molecule has 0 spiro atoms. The maximum atomic E-state index is 12.4. The average Bonchev–Trinajstić information content (AvgIpc) is 2.38. The van der Waals surface area contributed by atoms with Crippen molar-refractivity contribution >= 4 is 34.4 Å². The van der Waals surface area contributed by atoms with Gasteiger partial charge in [-0.3, -0.25) is 9.59 Å². The molecular formula is C14H17IN2O2. The van der Waals surface area contributed by atoms with Crippen molar-refractivity contribution in [1.82, 2.24) is 10.2 Å². The van der Waals surface area contributed by atoms with Gasteiger partial charge in [-0.15, -0.1) is 0 Å². The summed E-state index contributed by atoms with van der Waals surface area (Å²) in [4.78, 5) is 25.3. The molecule has 0 aliphatic carbocycles. The number of piperidine rings is 1. The number of nitrogens with one attached hydrogen (secondary N) is 1. The third kappa shape index (κ3) is 3.92. The molecule has 19 heavy (non-hydrogen) atoms. The van der Waals surface area contributed by atoms with Crippen molar-refractivity contribution in [3.8, 4) is 0 Å². The molecule has 1 N–H and O–H groups in total. The number of benzene rings is 1. The highest BCUT2D eigenvalue weighted by Crippen LogP contribution is 2.15. The van der Waals surface area contributed by atoms with Crippen LogP contribution in [-0.2, 0) is 4.79 Å². The molecule has 102 valence electrons. The van der Waals surface area contributed by atoms with Gasteiger partial charge in [0, 0.05) is 35.2 Å². The van der Waals surface area contributed by atoms with E-state index in [-0.39, 0.29) is 17.9 Å². The molecule has 1 fully saturated rings. The van der Waals surface area contributed by atoms with Crippen molar-refractivity contribution in [2.75, 3.05) is 13.1 Å². The van der Waals surface area contributed by atoms with Gasteiger partial charge in [-0.05, 0) is 59.7 Å². The number of carbonyl (C=O) groups is 2. The number of nitrogens with zero attached hydrogens (tertiary/aromatic N) is 1. The average molecular weight is 372 g/mol. The van der Waals surface area contributed by atoms with Crippen LogP contribution in [0.5, 0.6) is 0 Å². The number of amides is 2. The molecule has 0 bridgehead atoms. The summed E-state index contributed by atoms with van der Waals surface area (Å²) in [5.74, 6) is 0.0139. The Morgan fingerprint density at radius 1 is 1.32 bits per heavy atom. The molecule has 5 heteroatoms. The Hall–Kier alpha value is -1.11. The summed E-state index contributed by atoms with van der Waals surface area (Å²) in [7, 11) is 0. The predicted molar refractivity (Wildman–Crippen MR) is 81.9 cm³/mol. The third-order valence-corrected chi connectivity index (χ3v) is 3.93. The van der Waals surface area contributed by atoms with Gasteiger partial charge in [0.1, 0.15) is 0 Å². The highest BCUT2D eigenvalue weighted by atomic mass is 127. The van der Waals surface area contributed by atoms with Gasteiger partial charge in [0.15, 0.2) is 0 Å². The van der Waals surface area contributed by atoms with E-state index in [0.29, 0.717) is 12.1 Å². The Balaban J connectivity index is 2.02. The first-order chi connectivity index (χ1) is 9.06. The van der Waals surface area contributed by atoms with E-state index >= 15 is 0 Å². The zero-order chi connectivity index (χ0) is 13.8. The van der Waals surface area contributed by atoms with Gasteiger partial charge < -0.3 is 10.2 Å². The Kier molecular flexibility index (Phi) is 4.79. The normalized spacial score (nSPS) is 19.1. The van der Waals surface area contributed by atoms with Crippen LogP contribution in [0.25, 0.3) is 0 Å². The fourth-order valence-corrected chi connectivity index (χ4v) is 2.70. The van der Waals surface area contributed by atoms with E-state index in [0.717, 1.165) is 23.0 Å². The minimum absolute atomic E-state index is 0.0337. The Labute approximate surface area is 126 Å². The summed E-state index contributed by atoms with van der Waals surface area (Å²) in [6, 6.07) is 7.66. The predicted octanol–water partition coefficient (Wildman–Crippen LogP) is 2.03. The number of hydrogen-bond donors (Lipinski definition) is 1. The van der Waals surface area contributed by atoms with Crippen LogP contribution in [0.3, 0.4) is 0 Å². The number of carbonyl (C=O) groups excluding carboxylic acids is 2. The van der Waals surface area contributed by atoms with Gasteiger partial charge in [0.25, 0.3) is 5.91 Å². The second kappa shape index (κ2) is 6.36. The van der Waals surface area contributed by atoms with Crippen molar-refractivity contribution in [3.63, 3.8) is 0 Å². The molecule has 2 rings (SSSR count). The quantitative estimate of drug-likeness (QED) is 0.808. The maximum Gasteiger partial charge on any atom is 0.253 e. The zero-order valence-corrected chi connectivity index (χ0v) is 13.0. The zero-order valence-electron chi connectivity index (χ0n) is 10.9. The molecule has 1 atom stereocenters. The molecule has 1 unspecified atom stereocenters. The fraction of sp³-hybridized carbons (Fsp3) is 0.429. The second-order valence-corrected chi connectivity index (χ2v) is 6.04. The van der Waals surface area contributed by atoms with E-state index in [1.807, 2.05) is 29.2 Å². The molecule has 0 aromatic heterocycles. The summed E-state index contributed by atoms with van der Waals surface area (Å²) >= 11 is 2.22. The molecule has 0 saturated carbocycles. The molecule has 1 aliphatic heterocycles. The third-order valence-electron chi connectivity index (χ3n) is 3.21. The van der Waals surface area contributed by atoms with E-state index in [9.17, 15) is 9.59 Å². The van der Waals surface area contributed by atoms with E-state index in [4.69, 9.17) is 0 Å². The molecule has 2 amide bonds. The van der Waals surface area contributed by atoms with Crippen LogP contribution in [-0.4, -0.2) is 35.8 Å². The lowest BCUT2D eigenvalue weighted by Crippen LogP contribution is -2.49. The van der Waals surface area contributed by atoms with Crippen LogP contribution >= 0.6 is 22.6 Å². The molecule has 1 heterocycles. The van der Waals surface area contributed by atoms with Gasteiger partial charge in [-0.25, -0.2) is 0 Å². The Bertz CT molecular complexity index is 473. The molecule has 1 saturated heterocycles. The first-order valence-electron chi connectivity index (χ1n) is 6.38. The van der Waals surface area contributed by atoms with Gasteiger partial charge in [0.2, 0.25) is 5.91 Å².